The van der Waals surface area contributed by atoms with Crippen LogP contribution in [0.25, 0.3) is 0 Å². The number of rotatable bonds is 3. The van der Waals surface area contributed by atoms with E-state index in [1.807, 2.05) is 24.3 Å². The van der Waals surface area contributed by atoms with Gasteiger partial charge >= 0.3 is 0 Å². The number of hydrogen-bond donors (Lipinski definition) is 2. The second-order valence-corrected chi connectivity index (χ2v) is 6.75. The molecule has 0 fully saturated rings. The molecule has 0 aromatic heterocycles. The topological polar surface area (TPSA) is 72.2 Å². The van der Waals surface area contributed by atoms with Gasteiger partial charge in [-0.2, -0.15) is 0 Å². The average Bonchev–Trinajstić information content (AvgIpc) is 2.58. The Hall–Kier alpha value is -3.06. The van der Waals surface area contributed by atoms with Gasteiger partial charge in [-0.1, -0.05) is 44.7 Å². The summed E-state index contributed by atoms with van der Waals surface area (Å²) in [6.07, 6.45) is 0. The van der Waals surface area contributed by atoms with Crippen LogP contribution in [0.5, 0.6) is 0 Å². The molecule has 128 valence electrons. The standard InChI is InChI=1S/C21H22N2O2/c1-21(2,3)18-12-10-17(11-13-18)20(25)23-14-4-5-15-6-8-16(9-7-15)19(22)24/h6-13H,14H2,1-3H3,(H2,22,24)(H,23,25). The van der Waals surface area contributed by atoms with Gasteiger partial charge in [-0.3, -0.25) is 9.59 Å². The van der Waals surface area contributed by atoms with Crippen molar-refractivity contribution in [3.63, 3.8) is 0 Å². The second-order valence-electron chi connectivity index (χ2n) is 6.75. The molecule has 2 aromatic carbocycles. The minimum atomic E-state index is -0.468. The maximum Gasteiger partial charge on any atom is 0.252 e. The smallest absolute Gasteiger partial charge is 0.252 e. The summed E-state index contributed by atoms with van der Waals surface area (Å²) in [6, 6.07) is 14.3. The third kappa shape index (κ3) is 5.22. The Balaban J connectivity index is 1.91. The second kappa shape index (κ2) is 7.67. The fourth-order valence-electron chi connectivity index (χ4n) is 2.21. The lowest BCUT2D eigenvalue weighted by molar-refractivity contribution is 0.0957. The Morgan fingerprint density at radius 1 is 0.960 bits per heavy atom. The molecule has 0 saturated heterocycles. The molecule has 0 heterocycles. The third-order valence-electron chi connectivity index (χ3n) is 3.75. The molecule has 0 atom stereocenters. The molecule has 2 amide bonds. The number of hydrogen-bond acceptors (Lipinski definition) is 2. The molecule has 4 nitrogen and oxygen atoms in total. The van der Waals surface area contributed by atoms with Crippen molar-refractivity contribution in [3.05, 3.63) is 70.8 Å². The van der Waals surface area contributed by atoms with Crippen molar-refractivity contribution in [2.75, 3.05) is 6.54 Å². The van der Waals surface area contributed by atoms with Crippen molar-refractivity contribution < 1.29 is 9.59 Å². The van der Waals surface area contributed by atoms with Gasteiger partial charge in [0.05, 0.1) is 6.54 Å². The first-order chi connectivity index (χ1) is 11.8. The molecule has 0 aliphatic heterocycles. The Morgan fingerprint density at radius 3 is 2.04 bits per heavy atom. The van der Waals surface area contributed by atoms with E-state index < -0.39 is 5.91 Å². The van der Waals surface area contributed by atoms with Gasteiger partial charge < -0.3 is 11.1 Å². The highest BCUT2D eigenvalue weighted by Gasteiger charge is 2.13. The normalized spacial score (nSPS) is 10.5. The van der Waals surface area contributed by atoms with Crippen LogP contribution in [0.1, 0.15) is 52.6 Å². The Bertz CT molecular complexity index is 817. The molecule has 2 rings (SSSR count). The van der Waals surface area contributed by atoms with E-state index in [1.165, 1.54) is 5.56 Å². The van der Waals surface area contributed by atoms with E-state index in [1.54, 1.807) is 24.3 Å². The summed E-state index contributed by atoms with van der Waals surface area (Å²) >= 11 is 0. The van der Waals surface area contributed by atoms with Crippen molar-refractivity contribution >= 4 is 11.8 Å². The average molecular weight is 334 g/mol. The lowest BCUT2D eigenvalue weighted by atomic mass is 9.87. The summed E-state index contributed by atoms with van der Waals surface area (Å²) in [4.78, 5) is 23.1. The number of carbonyl (C=O) groups is 2. The van der Waals surface area contributed by atoms with Crippen molar-refractivity contribution in [3.8, 4) is 11.8 Å². The van der Waals surface area contributed by atoms with Gasteiger partial charge in [-0.25, -0.2) is 0 Å². The van der Waals surface area contributed by atoms with Gasteiger partial charge in [0.15, 0.2) is 0 Å². The summed E-state index contributed by atoms with van der Waals surface area (Å²) in [7, 11) is 0. The van der Waals surface area contributed by atoms with Crippen LogP contribution in [0.2, 0.25) is 0 Å². The molecule has 3 N–H and O–H groups in total. The van der Waals surface area contributed by atoms with Gasteiger partial charge in [0.2, 0.25) is 5.91 Å². The molecule has 0 bridgehead atoms. The molecule has 0 aliphatic carbocycles. The number of benzene rings is 2. The van der Waals surface area contributed by atoms with Crippen LogP contribution in [0.15, 0.2) is 48.5 Å². The summed E-state index contributed by atoms with van der Waals surface area (Å²) in [6.45, 7) is 6.65. The van der Waals surface area contributed by atoms with E-state index in [0.717, 1.165) is 5.56 Å². The van der Waals surface area contributed by atoms with Crippen molar-refractivity contribution in [1.29, 1.82) is 0 Å². The van der Waals surface area contributed by atoms with Gasteiger partial charge in [-0.05, 0) is 47.4 Å². The van der Waals surface area contributed by atoms with Gasteiger partial charge in [0, 0.05) is 16.7 Å². The largest absolute Gasteiger partial charge is 0.366 e. The predicted molar refractivity (Wildman–Crippen MR) is 99.3 cm³/mol. The number of primary amides is 1. The number of nitrogens with two attached hydrogens (primary N) is 1. The highest BCUT2D eigenvalue weighted by molar-refractivity contribution is 5.94. The number of amides is 2. The van der Waals surface area contributed by atoms with E-state index in [2.05, 4.69) is 37.9 Å². The third-order valence-corrected chi connectivity index (χ3v) is 3.75. The zero-order valence-corrected chi connectivity index (χ0v) is 14.7. The SMILES string of the molecule is CC(C)(C)c1ccc(C(=O)NCC#Cc2ccc(C(N)=O)cc2)cc1. The zero-order valence-electron chi connectivity index (χ0n) is 14.7. The summed E-state index contributed by atoms with van der Waals surface area (Å²) in [5, 5.41) is 2.77. The summed E-state index contributed by atoms with van der Waals surface area (Å²) in [5.74, 6) is 5.20. The summed E-state index contributed by atoms with van der Waals surface area (Å²) < 4.78 is 0. The van der Waals surface area contributed by atoms with Crippen LogP contribution in [0.4, 0.5) is 0 Å². The Kier molecular flexibility index (Phi) is 5.61. The van der Waals surface area contributed by atoms with Crippen LogP contribution < -0.4 is 11.1 Å². The minimum Gasteiger partial charge on any atom is -0.366 e. The Labute approximate surface area is 148 Å². The van der Waals surface area contributed by atoms with Crippen molar-refractivity contribution in [2.45, 2.75) is 26.2 Å². The predicted octanol–water partition coefficient (Wildman–Crippen LogP) is 2.86. The van der Waals surface area contributed by atoms with Crippen LogP contribution >= 0.6 is 0 Å². The van der Waals surface area contributed by atoms with Crippen molar-refractivity contribution in [2.24, 2.45) is 5.73 Å². The molecular weight excluding hydrogens is 312 g/mol. The van der Waals surface area contributed by atoms with Gasteiger partial charge in [-0.15, -0.1) is 0 Å². The van der Waals surface area contributed by atoms with Crippen LogP contribution in [0, 0.1) is 11.8 Å². The highest BCUT2D eigenvalue weighted by Crippen LogP contribution is 2.22. The molecule has 2 aromatic rings. The number of nitrogens with one attached hydrogen (secondary N) is 1. The van der Waals surface area contributed by atoms with Gasteiger partial charge in [0.1, 0.15) is 0 Å². The Morgan fingerprint density at radius 2 is 1.52 bits per heavy atom. The molecule has 4 heteroatoms. The molecule has 0 spiro atoms. The van der Waals surface area contributed by atoms with Crippen molar-refractivity contribution in [1.82, 2.24) is 5.32 Å². The highest BCUT2D eigenvalue weighted by atomic mass is 16.2. The quantitative estimate of drug-likeness (QED) is 0.847. The molecule has 0 radical (unpaired) electrons. The molecule has 0 unspecified atom stereocenters. The molecule has 0 saturated carbocycles. The van der Waals surface area contributed by atoms with E-state index in [0.29, 0.717) is 11.1 Å². The summed E-state index contributed by atoms with van der Waals surface area (Å²) in [5.41, 5.74) is 8.24. The lowest BCUT2D eigenvalue weighted by Gasteiger charge is -2.18. The van der Waals surface area contributed by atoms with E-state index in [4.69, 9.17) is 5.73 Å². The van der Waals surface area contributed by atoms with E-state index in [9.17, 15) is 9.59 Å². The zero-order chi connectivity index (χ0) is 18.4. The van der Waals surface area contributed by atoms with Gasteiger partial charge in [0.25, 0.3) is 5.91 Å². The first-order valence-electron chi connectivity index (χ1n) is 8.05. The van der Waals surface area contributed by atoms with Crippen LogP contribution in [0.3, 0.4) is 0 Å². The van der Waals surface area contributed by atoms with E-state index in [-0.39, 0.29) is 17.9 Å². The molecular formula is C21H22N2O2. The molecule has 0 aliphatic rings. The van der Waals surface area contributed by atoms with Crippen LogP contribution in [-0.2, 0) is 5.41 Å². The fraction of sp³-hybridized carbons (Fsp3) is 0.238. The molecule has 25 heavy (non-hydrogen) atoms. The monoisotopic (exact) mass is 334 g/mol. The first kappa shape index (κ1) is 18.3. The first-order valence-corrected chi connectivity index (χ1v) is 8.05. The van der Waals surface area contributed by atoms with E-state index >= 15 is 0 Å². The lowest BCUT2D eigenvalue weighted by Crippen LogP contribution is -2.23. The minimum absolute atomic E-state index is 0.0601. The maximum atomic E-state index is 12.1. The maximum absolute atomic E-state index is 12.1. The van der Waals surface area contributed by atoms with Crippen LogP contribution in [-0.4, -0.2) is 18.4 Å². The fourth-order valence-corrected chi connectivity index (χ4v) is 2.21. The number of carbonyl (C=O) groups excluding carboxylic acids is 2.